The van der Waals surface area contributed by atoms with Crippen molar-refractivity contribution < 1.29 is 4.74 Å². The molecule has 0 aliphatic heterocycles. The third-order valence-corrected chi connectivity index (χ3v) is 4.39. The minimum absolute atomic E-state index is 0.406. The molecule has 19 heavy (non-hydrogen) atoms. The van der Waals surface area contributed by atoms with Crippen LogP contribution in [0.4, 0.5) is 0 Å². The molecule has 0 spiro atoms. The molecule has 3 atom stereocenters. The van der Waals surface area contributed by atoms with Crippen molar-refractivity contribution in [1.82, 2.24) is 5.32 Å². The van der Waals surface area contributed by atoms with Gasteiger partial charge in [-0.05, 0) is 36.7 Å². The van der Waals surface area contributed by atoms with E-state index in [2.05, 4.69) is 49.5 Å². The molecular formula is C17H27NO. The van der Waals surface area contributed by atoms with E-state index in [0.717, 1.165) is 6.54 Å². The molecule has 0 heterocycles. The predicted octanol–water partition coefficient (Wildman–Crippen LogP) is 3.58. The van der Waals surface area contributed by atoms with Gasteiger partial charge in [-0.2, -0.15) is 0 Å². The molecule has 1 aliphatic carbocycles. The summed E-state index contributed by atoms with van der Waals surface area (Å²) >= 11 is 0. The zero-order chi connectivity index (χ0) is 13.7. The number of rotatable bonds is 6. The minimum atomic E-state index is 0.406. The third kappa shape index (κ3) is 3.80. The van der Waals surface area contributed by atoms with E-state index in [1.165, 1.54) is 24.8 Å². The molecule has 1 aliphatic rings. The van der Waals surface area contributed by atoms with Crippen LogP contribution in [0, 0.1) is 5.92 Å². The van der Waals surface area contributed by atoms with E-state index in [1.54, 1.807) is 0 Å². The van der Waals surface area contributed by atoms with Crippen LogP contribution in [-0.2, 0) is 4.74 Å². The van der Waals surface area contributed by atoms with E-state index in [4.69, 9.17) is 4.74 Å². The maximum Gasteiger partial charge on any atom is 0.0724 e. The van der Waals surface area contributed by atoms with Crippen molar-refractivity contribution in [1.29, 1.82) is 0 Å². The Balaban J connectivity index is 1.95. The molecule has 2 nitrogen and oxygen atoms in total. The summed E-state index contributed by atoms with van der Waals surface area (Å²) in [5, 5.41) is 3.74. The highest BCUT2D eigenvalue weighted by molar-refractivity contribution is 5.20. The van der Waals surface area contributed by atoms with Crippen LogP contribution in [0.5, 0.6) is 0 Å². The second kappa shape index (κ2) is 7.06. The Morgan fingerprint density at radius 1 is 1.21 bits per heavy atom. The normalized spacial score (nSPS) is 24.8. The average molecular weight is 261 g/mol. The predicted molar refractivity (Wildman–Crippen MR) is 80.5 cm³/mol. The van der Waals surface area contributed by atoms with Crippen molar-refractivity contribution in [2.45, 2.75) is 51.2 Å². The van der Waals surface area contributed by atoms with Crippen molar-refractivity contribution in [2.75, 3.05) is 13.7 Å². The van der Waals surface area contributed by atoms with Crippen LogP contribution in [0.1, 0.15) is 44.6 Å². The van der Waals surface area contributed by atoms with Crippen molar-refractivity contribution in [3.63, 3.8) is 0 Å². The second-order valence-electron chi connectivity index (χ2n) is 5.98. The van der Waals surface area contributed by atoms with E-state index in [-0.39, 0.29) is 0 Å². The molecule has 0 radical (unpaired) electrons. The highest BCUT2D eigenvalue weighted by Crippen LogP contribution is 2.26. The lowest BCUT2D eigenvalue weighted by Gasteiger charge is -2.26. The fourth-order valence-corrected chi connectivity index (χ4v) is 3.16. The van der Waals surface area contributed by atoms with Gasteiger partial charge in [0.1, 0.15) is 0 Å². The van der Waals surface area contributed by atoms with E-state index in [0.29, 0.717) is 24.0 Å². The van der Waals surface area contributed by atoms with Gasteiger partial charge >= 0.3 is 0 Å². The Bertz CT molecular complexity index is 363. The second-order valence-corrected chi connectivity index (χ2v) is 5.98. The smallest absolute Gasteiger partial charge is 0.0724 e. The highest BCUT2D eigenvalue weighted by atomic mass is 16.5. The van der Waals surface area contributed by atoms with E-state index < -0.39 is 0 Å². The topological polar surface area (TPSA) is 21.3 Å². The van der Waals surface area contributed by atoms with Gasteiger partial charge in [-0.3, -0.25) is 0 Å². The summed E-state index contributed by atoms with van der Waals surface area (Å²) in [7, 11) is 1.84. The minimum Gasteiger partial charge on any atom is -0.380 e. The van der Waals surface area contributed by atoms with Gasteiger partial charge in [0.2, 0.25) is 0 Å². The average Bonchev–Trinajstić information content (AvgIpc) is 2.87. The molecule has 0 aromatic heterocycles. The van der Waals surface area contributed by atoms with Crippen molar-refractivity contribution in [3.8, 4) is 0 Å². The van der Waals surface area contributed by atoms with Gasteiger partial charge in [-0.15, -0.1) is 0 Å². The van der Waals surface area contributed by atoms with Crippen molar-refractivity contribution in [2.24, 2.45) is 5.92 Å². The molecule has 1 aromatic rings. The molecule has 1 fully saturated rings. The molecule has 0 bridgehead atoms. The number of methoxy groups -OCH3 is 1. The lowest BCUT2D eigenvalue weighted by Crippen LogP contribution is -2.39. The van der Waals surface area contributed by atoms with Gasteiger partial charge in [-0.25, -0.2) is 0 Å². The molecule has 0 amide bonds. The first kappa shape index (κ1) is 14.5. The Kier molecular flexibility index (Phi) is 5.41. The largest absolute Gasteiger partial charge is 0.380 e. The summed E-state index contributed by atoms with van der Waals surface area (Å²) in [5.41, 5.74) is 1.44. The lowest BCUT2D eigenvalue weighted by atomic mass is 9.88. The zero-order valence-corrected chi connectivity index (χ0v) is 12.4. The van der Waals surface area contributed by atoms with Gasteiger partial charge in [0.05, 0.1) is 6.10 Å². The van der Waals surface area contributed by atoms with Crippen LogP contribution >= 0.6 is 0 Å². The molecule has 1 aromatic carbocycles. The standard InChI is InChI=1S/C17H27NO/c1-13(2)15(14-8-5-4-6-9-14)12-18-16-10-7-11-17(16)19-3/h4-6,8-9,13,15-18H,7,10-12H2,1-3H3. The first-order chi connectivity index (χ1) is 9.22. The first-order valence-electron chi connectivity index (χ1n) is 7.53. The molecule has 2 heteroatoms. The van der Waals surface area contributed by atoms with Crippen LogP contribution in [0.3, 0.4) is 0 Å². The summed E-state index contributed by atoms with van der Waals surface area (Å²) in [5.74, 6) is 1.23. The molecule has 1 N–H and O–H groups in total. The summed E-state index contributed by atoms with van der Waals surface area (Å²) in [4.78, 5) is 0. The Labute approximate surface area is 117 Å². The van der Waals surface area contributed by atoms with Gasteiger partial charge in [0.25, 0.3) is 0 Å². The zero-order valence-electron chi connectivity index (χ0n) is 12.4. The lowest BCUT2D eigenvalue weighted by molar-refractivity contribution is 0.0843. The number of benzene rings is 1. The van der Waals surface area contributed by atoms with Crippen LogP contribution in [0.2, 0.25) is 0 Å². The van der Waals surface area contributed by atoms with Gasteiger partial charge < -0.3 is 10.1 Å². The van der Waals surface area contributed by atoms with E-state index in [9.17, 15) is 0 Å². The third-order valence-electron chi connectivity index (χ3n) is 4.39. The quantitative estimate of drug-likeness (QED) is 0.845. The number of nitrogens with one attached hydrogen (secondary N) is 1. The highest BCUT2D eigenvalue weighted by Gasteiger charge is 2.27. The molecule has 106 valence electrons. The molecule has 0 saturated heterocycles. The summed E-state index contributed by atoms with van der Waals surface area (Å²) in [6, 6.07) is 11.4. The Morgan fingerprint density at radius 3 is 2.58 bits per heavy atom. The molecular weight excluding hydrogens is 234 g/mol. The van der Waals surface area contributed by atoms with Gasteiger partial charge in [0, 0.05) is 19.7 Å². The van der Waals surface area contributed by atoms with Crippen LogP contribution in [0.25, 0.3) is 0 Å². The van der Waals surface area contributed by atoms with Crippen molar-refractivity contribution >= 4 is 0 Å². The molecule has 2 rings (SSSR count). The molecule has 3 unspecified atom stereocenters. The van der Waals surface area contributed by atoms with Crippen LogP contribution < -0.4 is 5.32 Å². The summed E-state index contributed by atoms with van der Waals surface area (Å²) in [6.45, 7) is 5.66. The Morgan fingerprint density at radius 2 is 1.95 bits per heavy atom. The van der Waals surface area contributed by atoms with Gasteiger partial charge in [0.15, 0.2) is 0 Å². The maximum absolute atomic E-state index is 5.56. The summed E-state index contributed by atoms with van der Waals surface area (Å²) < 4.78 is 5.56. The SMILES string of the molecule is COC1CCCC1NCC(c1ccccc1)C(C)C. The fraction of sp³-hybridized carbons (Fsp3) is 0.647. The number of ether oxygens (including phenoxy) is 1. The summed E-state index contributed by atoms with van der Waals surface area (Å²) in [6.07, 6.45) is 4.14. The monoisotopic (exact) mass is 261 g/mol. The van der Waals surface area contributed by atoms with Crippen LogP contribution in [0.15, 0.2) is 30.3 Å². The fourth-order valence-electron chi connectivity index (χ4n) is 3.16. The first-order valence-corrected chi connectivity index (χ1v) is 7.53. The maximum atomic E-state index is 5.56. The number of hydrogen-bond donors (Lipinski definition) is 1. The van der Waals surface area contributed by atoms with Gasteiger partial charge in [-0.1, -0.05) is 44.2 Å². The Hall–Kier alpha value is -0.860. The van der Waals surface area contributed by atoms with Crippen molar-refractivity contribution in [3.05, 3.63) is 35.9 Å². The molecule has 1 saturated carbocycles. The van der Waals surface area contributed by atoms with E-state index in [1.807, 2.05) is 7.11 Å². The van der Waals surface area contributed by atoms with Crippen LogP contribution in [-0.4, -0.2) is 25.8 Å². The number of hydrogen-bond acceptors (Lipinski definition) is 2. The van der Waals surface area contributed by atoms with E-state index >= 15 is 0 Å².